The molecule has 18 heavy (non-hydrogen) atoms. The predicted molar refractivity (Wildman–Crippen MR) is 69.8 cm³/mol. The molecule has 1 N–H and O–H groups in total. The Balaban J connectivity index is 2.59. The summed E-state index contributed by atoms with van der Waals surface area (Å²) in [6.07, 6.45) is 0.832. The van der Waals surface area contributed by atoms with E-state index in [-0.39, 0.29) is 17.2 Å². The van der Waals surface area contributed by atoms with E-state index in [1.54, 1.807) is 0 Å². The molecule has 1 rings (SSSR count). The maximum atomic E-state index is 13.4. The van der Waals surface area contributed by atoms with Crippen LogP contribution in [0.25, 0.3) is 0 Å². The molecule has 0 heterocycles. The van der Waals surface area contributed by atoms with Crippen LogP contribution in [-0.2, 0) is 0 Å². The van der Waals surface area contributed by atoms with Crippen LogP contribution in [-0.4, -0.2) is 25.4 Å². The van der Waals surface area contributed by atoms with Crippen LogP contribution < -0.4 is 10.1 Å². The molecule has 100 valence electrons. The van der Waals surface area contributed by atoms with Crippen molar-refractivity contribution in [3.05, 3.63) is 29.6 Å². The number of carbonyl (C=O) groups excluding carboxylic acids is 1. The predicted octanol–water partition coefficient (Wildman–Crippen LogP) is 2.83. The van der Waals surface area contributed by atoms with Crippen LogP contribution in [0, 0.1) is 11.7 Å². The molecular weight excluding hydrogens is 257 g/mol. The molecule has 0 bridgehead atoms. The Bertz CT molecular complexity index is 412. The number of amides is 1. The minimum atomic E-state index is -0.543. The van der Waals surface area contributed by atoms with Gasteiger partial charge in [-0.05, 0) is 30.5 Å². The molecule has 0 aromatic heterocycles. The normalized spacial score (nSPS) is 12.0. The highest BCUT2D eigenvalue weighted by molar-refractivity contribution is 6.17. The van der Waals surface area contributed by atoms with Crippen LogP contribution in [0.1, 0.15) is 23.7 Å². The topological polar surface area (TPSA) is 38.3 Å². The summed E-state index contributed by atoms with van der Waals surface area (Å²) in [5, 5.41) is 2.74. The molecule has 0 aliphatic heterocycles. The highest BCUT2D eigenvalue weighted by Crippen LogP contribution is 2.17. The van der Waals surface area contributed by atoms with E-state index >= 15 is 0 Å². The molecule has 3 nitrogen and oxygen atoms in total. The summed E-state index contributed by atoms with van der Waals surface area (Å²) in [5.74, 6) is 0.155. The highest BCUT2D eigenvalue weighted by Gasteiger charge is 2.10. The second-order valence-corrected chi connectivity index (χ2v) is 4.52. The number of hydrogen-bond acceptors (Lipinski definition) is 2. The number of benzene rings is 1. The standard InChI is InChI=1S/C13H17ClFNO2/c1-9(5-6-14)8-16-13(17)10-3-4-12(18-2)11(15)7-10/h3-4,7,9H,5-6,8H2,1-2H3,(H,16,17). The first-order valence-corrected chi connectivity index (χ1v) is 6.29. The quantitative estimate of drug-likeness (QED) is 0.810. The summed E-state index contributed by atoms with van der Waals surface area (Å²) in [6.45, 7) is 2.52. The van der Waals surface area contributed by atoms with Gasteiger partial charge in [-0.25, -0.2) is 4.39 Å². The average molecular weight is 274 g/mol. The zero-order valence-electron chi connectivity index (χ0n) is 10.5. The van der Waals surface area contributed by atoms with E-state index in [0.29, 0.717) is 18.3 Å². The van der Waals surface area contributed by atoms with Gasteiger partial charge in [-0.1, -0.05) is 6.92 Å². The molecule has 0 spiro atoms. The zero-order valence-corrected chi connectivity index (χ0v) is 11.3. The van der Waals surface area contributed by atoms with E-state index in [2.05, 4.69) is 5.32 Å². The summed E-state index contributed by atoms with van der Waals surface area (Å²) in [5.41, 5.74) is 0.284. The molecule has 0 aliphatic carbocycles. The molecule has 0 radical (unpaired) electrons. The van der Waals surface area contributed by atoms with E-state index in [1.807, 2.05) is 6.92 Å². The van der Waals surface area contributed by atoms with Crippen LogP contribution in [0.4, 0.5) is 4.39 Å². The number of halogens is 2. The molecule has 0 saturated heterocycles. The summed E-state index contributed by atoms with van der Waals surface area (Å²) >= 11 is 5.61. The van der Waals surface area contributed by atoms with Crippen molar-refractivity contribution in [3.8, 4) is 5.75 Å². The van der Waals surface area contributed by atoms with Crippen molar-refractivity contribution < 1.29 is 13.9 Å². The molecule has 1 aromatic rings. The van der Waals surface area contributed by atoms with Crippen molar-refractivity contribution in [1.29, 1.82) is 0 Å². The number of alkyl halides is 1. The van der Waals surface area contributed by atoms with Gasteiger partial charge >= 0.3 is 0 Å². The first kappa shape index (κ1) is 14.8. The third-order valence-corrected chi connectivity index (χ3v) is 2.85. The average Bonchev–Trinajstić information content (AvgIpc) is 2.36. The first-order valence-electron chi connectivity index (χ1n) is 5.76. The third-order valence-electron chi connectivity index (χ3n) is 2.63. The van der Waals surface area contributed by atoms with Crippen molar-refractivity contribution in [3.63, 3.8) is 0 Å². The van der Waals surface area contributed by atoms with Gasteiger partial charge in [0.15, 0.2) is 11.6 Å². The van der Waals surface area contributed by atoms with Crippen molar-refractivity contribution in [2.24, 2.45) is 5.92 Å². The van der Waals surface area contributed by atoms with Gasteiger partial charge < -0.3 is 10.1 Å². The number of hydrogen-bond donors (Lipinski definition) is 1. The Morgan fingerprint density at radius 1 is 1.56 bits per heavy atom. The monoisotopic (exact) mass is 273 g/mol. The number of ether oxygens (including phenoxy) is 1. The second-order valence-electron chi connectivity index (χ2n) is 4.14. The van der Waals surface area contributed by atoms with E-state index in [9.17, 15) is 9.18 Å². The van der Waals surface area contributed by atoms with Gasteiger partial charge in [-0.15, -0.1) is 11.6 Å². The van der Waals surface area contributed by atoms with E-state index < -0.39 is 5.82 Å². The van der Waals surface area contributed by atoms with E-state index in [1.165, 1.54) is 25.3 Å². The molecule has 0 aliphatic rings. The van der Waals surface area contributed by atoms with E-state index in [4.69, 9.17) is 16.3 Å². The molecule has 1 unspecified atom stereocenters. The van der Waals surface area contributed by atoms with Gasteiger partial charge in [0.2, 0.25) is 0 Å². The van der Waals surface area contributed by atoms with Crippen molar-refractivity contribution in [2.75, 3.05) is 19.5 Å². The van der Waals surface area contributed by atoms with Crippen LogP contribution in [0.15, 0.2) is 18.2 Å². The zero-order chi connectivity index (χ0) is 13.5. The van der Waals surface area contributed by atoms with Crippen molar-refractivity contribution in [1.82, 2.24) is 5.32 Å². The Morgan fingerprint density at radius 2 is 2.28 bits per heavy atom. The molecule has 1 amide bonds. The Labute approximate surface area is 111 Å². The number of carbonyl (C=O) groups is 1. The fourth-order valence-electron chi connectivity index (χ4n) is 1.46. The lowest BCUT2D eigenvalue weighted by atomic mass is 10.1. The van der Waals surface area contributed by atoms with Crippen LogP contribution >= 0.6 is 11.6 Å². The van der Waals surface area contributed by atoms with Crippen LogP contribution in [0.2, 0.25) is 0 Å². The lowest BCUT2D eigenvalue weighted by molar-refractivity contribution is 0.0947. The number of nitrogens with one attached hydrogen (secondary N) is 1. The first-order chi connectivity index (χ1) is 8.58. The van der Waals surface area contributed by atoms with Crippen molar-refractivity contribution >= 4 is 17.5 Å². The maximum Gasteiger partial charge on any atom is 0.251 e. The number of rotatable bonds is 6. The minimum absolute atomic E-state index is 0.127. The van der Waals surface area contributed by atoms with Gasteiger partial charge in [0.05, 0.1) is 7.11 Å². The molecule has 1 aromatic carbocycles. The third kappa shape index (κ3) is 4.18. The Kier molecular flexibility index (Phi) is 5.92. The summed E-state index contributed by atoms with van der Waals surface area (Å²) < 4.78 is 18.2. The lowest BCUT2D eigenvalue weighted by Crippen LogP contribution is -2.28. The van der Waals surface area contributed by atoms with Crippen LogP contribution in [0.3, 0.4) is 0 Å². The summed E-state index contributed by atoms with van der Waals surface area (Å²) in [7, 11) is 1.38. The summed E-state index contributed by atoms with van der Waals surface area (Å²) in [4.78, 5) is 11.8. The van der Waals surface area contributed by atoms with Gasteiger partial charge in [0.25, 0.3) is 5.91 Å². The number of methoxy groups -OCH3 is 1. The second kappa shape index (κ2) is 7.21. The summed E-state index contributed by atoms with van der Waals surface area (Å²) in [6, 6.07) is 4.14. The molecule has 5 heteroatoms. The van der Waals surface area contributed by atoms with Gasteiger partial charge in [-0.2, -0.15) is 0 Å². The van der Waals surface area contributed by atoms with Crippen molar-refractivity contribution in [2.45, 2.75) is 13.3 Å². The van der Waals surface area contributed by atoms with E-state index in [0.717, 1.165) is 6.42 Å². The highest BCUT2D eigenvalue weighted by atomic mass is 35.5. The molecule has 1 atom stereocenters. The fraction of sp³-hybridized carbons (Fsp3) is 0.462. The molecular formula is C13H17ClFNO2. The minimum Gasteiger partial charge on any atom is -0.494 e. The maximum absolute atomic E-state index is 13.4. The Hall–Kier alpha value is -1.29. The molecule has 0 saturated carbocycles. The fourth-order valence-corrected chi connectivity index (χ4v) is 1.84. The SMILES string of the molecule is COc1ccc(C(=O)NCC(C)CCCl)cc1F. The van der Waals surface area contributed by atoms with Gasteiger partial charge in [0.1, 0.15) is 0 Å². The molecule has 0 fully saturated rings. The lowest BCUT2D eigenvalue weighted by Gasteiger charge is -2.11. The smallest absolute Gasteiger partial charge is 0.251 e. The Morgan fingerprint density at radius 3 is 2.83 bits per heavy atom. The van der Waals surface area contributed by atoms with Crippen LogP contribution in [0.5, 0.6) is 5.75 Å². The van der Waals surface area contributed by atoms with Gasteiger partial charge in [-0.3, -0.25) is 4.79 Å². The largest absolute Gasteiger partial charge is 0.494 e. The van der Waals surface area contributed by atoms with Gasteiger partial charge in [0, 0.05) is 18.0 Å².